The van der Waals surface area contributed by atoms with Gasteiger partial charge in [0.2, 0.25) is 0 Å². The molecule has 0 saturated carbocycles. The van der Waals surface area contributed by atoms with Gasteiger partial charge in [-0.05, 0) is 11.5 Å². The average molecular weight is 182 g/mol. The third-order valence-electron chi connectivity index (χ3n) is 1.12. The molecule has 0 radical (unpaired) electrons. The maximum Gasteiger partial charge on any atom is 0.272 e. The van der Waals surface area contributed by atoms with Gasteiger partial charge < -0.3 is 5.32 Å². The molecule has 1 N–H and O–H groups in total. The summed E-state index contributed by atoms with van der Waals surface area (Å²) in [6.07, 6.45) is 0.309. The second-order valence-electron chi connectivity index (χ2n) is 1.95. The largest absolute Gasteiger partial charge is 0.350 e. The molecule has 0 unspecified atom stereocenters. The molecule has 1 aromatic heterocycles. The van der Waals surface area contributed by atoms with Crippen LogP contribution in [0.25, 0.3) is 0 Å². The summed E-state index contributed by atoms with van der Waals surface area (Å²) >= 11 is 1.12. The lowest BCUT2D eigenvalue weighted by Gasteiger charge is -1.96. The van der Waals surface area contributed by atoms with Crippen molar-refractivity contribution in [2.45, 2.75) is 6.42 Å². The fourth-order valence-electron chi connectivity index (χ4n) is 0.586. The quantitative estimate of drug-likeness (QED) is 0.676. The highest BCUT2D eigenvalue weighted by Gasteiger charge is 2.06. The van der Waals surface area contributed by atoms with Gasteiger partial charge in [-0.25, -0.2) is 0 Å². The molecule has 1 aromatic rings. The molecule has 1 rings (SSSR count). The lowest BCUT2D eigenvalue weighted by Crippen LogP contribution is -2.24. The molecule has 0 aliphatic heterocycles. The lowest BCUT2D eigenvalue weighted by molar-refractivity contribution is 0.0949. The summed E-state index contributed by atoms with van der Waals surface area (Å²) in [7, 11) is 0. The third kappa shape index (κ3) is 2.29. The zero-order chi connectivity index (χ0) is 8.81. The summed E-state index contributed by atoms with van der Waals surface area (Å²) in [5, 5.41) is 15.8. The molecular formula is C6H6N4OS. The Labute approximate surface area is 73.2 Å². The fraction of sp³-hybridized carbons (Fsp3) is 0.333. The Bertz CT molecular complexity index is 289. The van der Waals surface area contributed by atoms with E-state index in [1.807, 2.05) is 6.07 Å². The Kier molecular flexibility index (Phi) is 3.17. The van der Waals surface area contributed by atoms with Gasteiger partial charge in [0.05, 0.1) is 12.5 Å². The van der Waals surface area contributed by atoms with E-state index in [0.29, 0.717) is 18.7 Å². The fourth-order valence-corrected chi connectivity index (χ4v) is 1.02. The van der Waals surface area contributed by atoms with Crippen LogP contribution in [0.4, 0.5) is 0 Å². The van der Waals surface area contributed by atoms with Crippen LogP contribution in [-0.4, -0.2) is 22.0 Å². The number of aromatic nitrogens is 2. The van der Waals surface area contributed by atoms with Crippen LogP contribution in [0.15, 0.2) is 5.38 Å². The Morgan fingerprint density at radius 2 is 2.67 bits per heavy atom. The van der Waals surface area contributed by atoms with Gasteiger partial charge in [0.1, 0.15) is 0 Å². The van der Waals surface area contributed by atoms with Crippen molar-refractivity contribution in [3.05, 3.63) is 11.1 Å². The summed E-state index contributed by atoms with van der Waals surface area (Å²) in [4.78, 5) is 11.1. The number of hydrogen-bond donors (Lipinski definition) is 1. The van der Waals surface area contributed by atoms with E-state index >= 15 is 0 Å². The molecule has 0 bridgehead atoms. The highest BCUT2D eigenvalue weighted by Crippen LogP contribution is 1.95. The number of rotatable bonds is 3. The second-order valence-corrected chi connectivity index (χ2v) is 2.56. The monoisotopic (exact) mass is 182 g/mol. The molecule has 5 nitrogen and oxygen atoms in total. The Balaban J connectivity index is 2.36. The topological polar surface area (TPSA) is 78.7 Å². The van der Waals surface area contributed by atoms with Gasteiger partial charge >= 0.3 is 0 Å². The molecule has 0 atom stereocenters. The first-order valence-electron chi connectivity index (χ1n) is 3.27. The van der Waals surface area contributed by atoms with Crippen molar-refractivity contribution in [1.82, 2.24) is 14.9 Å². The zero-order valence-electron chi connectivity index (χ0n) is 6.15. The average Bonchev–Trinajstić information content (AvgIpc) is 2.56. The van der Waals surface area contributed by atoms with E-state index in [0.717, 1.165) is 11.5 Å². The van der Waals surface area contributed by atoms with E-state index in [4.69, 9.17) is 5.26 Å². The van der Waals surface area contributed by atoms with Crippen molar-refractivity contribution in [2.24, 2.45) is 0 Å². The second kappa shape index (κ2) is 4.41. The van der Waals surface area contributed by atoms with Gasteiger partial charge in [0.25, 0.3) is 5.91 Å². The number of nitrogens with zero attached hydrogens (tertiary/aromatic N) is 3. The molecule has 1 amide bonds. The van der Waals surface area contributed by atoms with Crippen LogP contribution in [-0.2, 0) is 0 Å². The van der Waals surface area contributed by atoms with Gasteiger partial charge in [0.15, 0.2) is 5.69 Å². The normalized spacial score (nSPS) is 8.92. The van der Waals surface area contributed by atoms with Gasteiger partial charge in [-0.3, -0.25) is 4.79 Å². The van der Waals surface area contributed by atoms with E-state index in [2.05, 4.69) is 14.9 Å². The standard InChI is InChI=1S/C6H6N4OS/c7-2-1-3-8-6(11)5-4-12-10-9-5/h4H,1,3H2,(H,8,11). The van der Waals surface area contributed by atoms with Crippen molar-refractivity contribution >= 4 is 17.4 Å². The first-order chi connectivity index (χ1) is 5.84. The number of carbonyl (C=O) groups excluding carboxylic acids is 1. The number of nitrogens with one attached hydrogen (secondary N) is 1. The minimum absolute atomic E-state index is 0.279. The molecule has 12 heavy (non-hydrogen) atoms. The number of hydrogen-bond acceptors (Lipinski definition) is 5. The Morgan fingerprint density at radius 1 is 1.83 bits per heavy atom. The van der Waals surface area contributed by atoms with Crippen LogP contribution in [0, 0.1) is 11.3 Å². The van der Waals surface area contributed by atoms with Gasteiger partial charge in [0, 0.05) is 11.9 Å². The molecule has 62 valence electrons. The Morgan fingerprint density at radius 3 is 3.25 bits per heavy atom. The zero-order valence-corrected chi connectivity index (χ0v) is 6.97. The van der Waals surface area contributed by atoms with Crippen LogP contribution in [0.5, 0.6) is 0 Å². The van der Waals surface area contributed by atoms with Crippen LogP contribution < -0.4 is 5.32 Å². The predicted molar refractivity (Wildman–Crippen MR) is 42.5 cm³/mol. The van der Waals surface area contributed by atoms with E-state index in [-0.39, 0.29) is 5.91 Å². The van der Waals surface area contributed by atoms with Crippen molar-refractivity contribution in [3.8, 4) is 6.07 Å². The third-order valence-corrected chi connectivity index (χ3v) is 1.62. The smallest absolute Gasteiger partial charge is 0.272 e. The minimum atomic E-state index is -0.279. The maximum absolute atomic E-state index is 11.1. The summed E-state index contributed by atoms with van der Waals surface area (Å²) in [6, 6.07) is 1.92. The van der Waals surface area contributed by atoms with Crippen LogP contribution in [0.3, 0.4) is 0 Å². The molecule has 0 aliphatic carbocycles. The van der Waals surface area contributed by atoms with Gasteiger partial charge in [-0.2, -0.15) is 5.26 Å². The molecule has 6 heteroatoms. The minimum Gasteiger partial charge on any atom is -0.350 e. The van der Waals surface area contributed by atoms with Crippen molar-refractivity contribution in [3.63, 3.8) is 0 Å². The first-order valence-corrected chi connectivity index (χ1v) is 4.10. The number of nitriles is 1. The number of amides is 1. The molecule has 0 aromatic carbocycles. The van der Waals surface area contributed by atoms with Gasteiger partial charge in [-0.1, -0.05) is 4.49 Å². The van der Waals surface area contributed by atoms with Gasteiger partial charge in [-0.15, -0.1) is 5.10 Å². The summed E-state index contributed by atoms with van der Waals surface area (Å²) in [5.74, 6) is -0.279. The number of carbonyl (C=O) groups is 1. The van der Waals surface area contributed by atoms with Crippen molar-refractivity contribution < 1.29 is 4.79 Å². The van der Waals surface area contributed by atoms with E-state index in [9.17, 15) is 4.79 Å². The SMILES string of the molecule is N#CCCNC(=O)c1csnn1. The summed E-state index contributed by atoms with van der Waals surface area (Å²) < 4.78 is 3.54. The highest BCUT2D eigenvalue weighted by molar-refractivity contribution is 7.03. The maximum atomic E-state index is 11.1. The predicted octanol–water partition coefficient (Wildman–Crippen LogP) is 0.182. The molecule has 0 aliphatic rings. The Hall–Kier alpha value is -1.48. The van der Waals surface area contributed by atoms with E-state index < -0.39 is 0 Å². The van der Waals surface area contributed by atoms with E-state index in [1.54, 1.807) is 5.38 Å². The summed E-state index contributed by atoms with van der Waals surface area (Å²) in [5.41, 5.74) is 0.304. The molecule has 0 fully saturated rings. The highest BCUT2D eigenvalue weighted by atomic mass is 32.1. The van der Waals surface area contributed by atoms with Crippen molar-refractivity contribution in [2.75, 3.05) is 6.54 Å². The lowest BCUT2D eigenvalue weighted by atomic mass is 10.4. The summed E-state index contributed by atoms with van der Waals surface area (Å²) in [6.45, 7) is 0.354. The van der Waals surface area contributed by atoms with Crippen LogP contribution >= 0.6 is 11.5 Å². The molecular weight excluding hydrogens is 176 g/mol. The van der Waals surface area contributed by atoms with Crippen LogP contribution in [0.1, 0.15) is 16.9 Å². The molecule has 0 saturated heterocycles. The first kappa shape index (κ1) is 8.62. The van der Waals surface area contributed by atoms with E-state index in [1.165, 1.54) is 0 Å². The molecule has 1 heterocycles. The van der Waals surface area contributed by atoms with Crippen molar-refractivity contribution in [1.29, 1.82) is 5.26 Å². The molecule has 0 spiro atoms. The van der Waals surface area contributed by atoms with Crippen LogP contribution in [0.2, 0.25) is 0 Å².